The number of rotatable bonds is 4. The predicted molar refractivity (Wildman–Crippen MR) is 78.1 cm³/mol. The first-order valence-electron chi connectivity index (χ1n) is 6.56. The van der Waals surface area contributed by atoms with E-state index in [2.05, 4.69) is 10.3 Å². The van der Waals surface area contributed by atoms with Gasteiger partial charge in [0.05, 0.1) is 11.6 Å². The SMILES string of the molecule is Cc1coc(-c2cccc(NC(=O)C(C)C(C)N)c2)n1. The van der Waals surface area contributed by atoms with Crippen LogP contribution in [-0.2, 0) is 4.79 Å². The number of anilines is 1. The maximum atomic E-state index is 12.0. The molecule has 2 aromatic rings. The Bertz CT molecular complexity index is 605. The molecule has 2 atom stereocenters. The third-order valence-electron chi connectivity index (χ3n) is 3.20. The number of aromatic nitrogens is 1. The van der Waals surface area contributed by atoms with Gasteiger partial charge in [0.15, 0.2) is 0 Å². The van der Waals surface area contributed by atoms with Gasteiger partial charge < -0.3 is 15.5 Å². The first-order chi connectivity index (χ1) is 9.47. The van der Waals surface area contributed by atoms with E-state index in [-0.39, 0.29) is 17.9 Å². The zero-order chi connectivity index (χ0) is 14.7. The maximum Gasteiger partial charge on any atom is 0.228 e. The molecule has 3 N–H and O–H groups in total. The van der Waals surface area contributed by atoms with Crippen LogP contribution in [0.3, 0.4) is 0 Å². The molecule has 0 fully saturated rings. The number of carbonyl (C=O) groups is 1. The molecule has 0 bridgehead atoms. The minimum Gasteiger partial charge on any atom is -0.444 e. The second-order valence-corrected chi connectivity index (χ2v) is 5.01. The van der Waals surface area contributed by atoms with Crippen LogP contribution >= 0.6 is 0 Å². The number of aryl methyl sites for hydroxylation is 1. The second-order valence-electron chi connectivity index (χ2n) is 5.01. The van der Waals surface area contributed by atoms with Crippen molar-refractivity contribution in [2.45, 2.75) is 26.8 Å². The van der Waals surface area contributed by atoms with Gasteiger partial charge in [-0.25, -0.2) is 4.98 Å². The van der Waals surface area contributed by atoms with Crippen LogP contribution in [0, 0.1) is 12.8 Å². The second kappa shape index (κ2) is 5.88. The first-order valence-corrected chi connectivity index (χ1v) is 6.56. The van der Waals surface area contributed by atoms with Crippen molar-refractivity contribution in [1.29, 1.82) is 0 Å². The van der Waals surface area contributed by atoms with Gasteiger partial charge in [-0.15, -0.1) is 0 Å². The zero-order valence-electron chi connectivity index (χ0n) is 11.9. The third-order valence-corrected chi connectivity index (χ3v) is 3.20. The van der Waals surface area contributed by atoms with Crippen molar-refractivity contribution < 1.29 is 9.21 Å². The van der Waals surface area contributed by atoms with Crippen LogP contribution in [0.2, 0.25) is 0 Å². The lowest BCUT2D eigenvalue weighted by Gasteiger charge is -2.15. The lowest BCUT2D eigenvalue weighted by atomic mass is 10.0. The Morgan fingerprint density at radius 1 is 1.40 bits per heavy atom. The average Bonchev–Trinajstić information content (AvgIpc) is 2.84. The van der Waals surface area contributed by atoms with Crippen molar-refractivity contribution in [2.75, 3.05) is 5.32 Å². The van der Waals surface area contributed by atoms with Gasteiger partial charge in [0.2, 0.25) is 11.8 Å². The summed E-state index contributed by atoms with van der Waals surface area (Å²) in [5, 5.41) is 2.85. The summed E-state index contributed by atoms with van der Waals surface area (Å²) in [4.78, 5) is 16.2. The van der Waals surface area contributed by atoms with Gasteiger partial charge in [-0.1, -0.05) is 13.0 Å². The van der Waals surface area contributed by atoms with E-state index in [9.17, 15) is 4.79 Å². The van der Waals surface area contributed by atoms with E-state index in [1.54, 1.807) is 13.2 Å². The highest BCUT2D eigenvalue weighted by molar-refractivity contribution is 5.93. The summed E-state index contributed by atoms with van der Waals surface area (Å²) in [7, 11) is 0. The van der Waals surface area contributed by atoms with E-state index in [0.29, 0.717) is 11.6 Å². The van der Waals surface area contributed by atoms with Crippen molar-refractivity contribution in [1.82, 2.24) is 4.98 Å². The number of nitrogens with one attached hydrogen (secondary N) is 1. The lowest BCUT2D eigenvalue weighted by molar-refractivity contribution is -0.119. The van der Waals surface area contributed by atoms with Crippen LogP contribution in [0.25, 0.3) is 11.5 Å². The lowest BCUT2D eigenvalue weighted by Crippen LogP contribution is -2.34. The van der Waals surface area contributed by atoms with E-state index in [1.165, 1.54) is 0 Å². The highest BCUT2D eigenvalue weighted by atomic mass is 16.3. The summed E-state index contributed by atoms with van der Waals surface area (Å²) in [6, 6.07) is 7.20. The molecule has 0 saturated heterocycles. The smallest absolute Gasteiger partial charge is 0.228 e. The van der Waals surface area contributed by atoms with Crippen molar-refractivity contribution in [3.63, 3.8) is 0 Å². The molecular formula is C15H19N3O2. The molecule has 0 aliphatic heterocycles. The summed E-state index contributed by atoms with van der Waals surface area (Å²) < 4.78 is 5.35. The molecule has 5 heteroatoms. The van der Waals surface area contributed by atoms with Crippen LogP contribution in [0.4, 0.5) is 5.69 Å². The van der Waals surface area contributed by atoms with E-state index in [1.807, 2.05) is 38.1 Å². The molecule has 0 spiro atoms. The standard InChI is InChI=1S/C15H19N3O2/c1-9-8-20-15(17-9)12-5-4-6-13(7-12)18-14(19)10(2)11(3)16/h4-8,10-11H,16H2,1-3H3,(H,18,19). The van der Waals surface area contributed by atoms with Crippen molar-refractivity contribution in [3.05, 3.63) is 36.2 Å². The molecule has 2 rings (SSSR count). The highest BCUT2D eigenvalue weighted by Crippen LogP contribution is 2.22. The normalized spacial score (nSPS) is 13.8. The van der Waals surface area contributed by atoms with Gasteiger partial charge in [-0.05, 0) is 32.0 Å². The van der Waals surface area contributed by atoms with E-state index in [0.717, 1.165) is 11.3 Å². The van der Waals surface area contributed by atoms with E-state index < -0.39 is 0 Å². The molecule has 1 aromatic carbocycles. The van der Waals surface area contributed by atoms with Crippen LogP contribution in [0.1, 0.15) is 19.5 Å². The van der Waals surface area contributed by atoms with E-state index >= 15 is 0 Å². The minimum atomic E-state index is -0.248. The number of nitrogens with zero attached hydrogens (tertiary/aromatic N) is 1. The van der Waals surface area contributed by atoms with Gasteiger partial charge in [-0.2, -0.15) is 0 Å². The summed E-state index contributed by atoms with van der Waals surface area (Å²) in [5.74, 6) is 0.196. The number of hydrogen-bond donors (Lipinski definition) is 2. The van der Waals surface area contributed by atoms with Crippen molar-refractivity contribution in [3.8, 4) is 11.5 Å². The van der Waals surface area contributed by atoms with E-state index in [4.69, 9.17) is 10.2 Å². The molecule has 1 heterocycles. The number of carbonyl (C=O) groups excluding carboxylic acids is 1. The minimum absolute atomic E-state index is 0.0965. The molecule has 0 saturated carbocycles. The molecule has 1 aromatic heterocycles. The zero-order valence-corrected chi connectivity index (χ0v) is 11.9. The van der Waals surface area contributed by atoms with Crippen LogP contribution in [-0.4, -0.2) is 16.9 Å². The average molecular weight is 273 g/mol. The maximum absolute atomic E-state index is 12.0. The Kier molecular flexibility index (Phi) is 4.20. The molecule has 5 nitrogen and oxygen atoms in total. The fraction of sp³-hybridized carbons (Fsp3) is 0.333. The summed E-state index contributed by atoms with van der Waals surface area (Å²) >= 11 is 0. The highest BCUT2D eigenvalue weighted by Gasteiger charge is 2.17. The molecule has 0 radical (unpaired) electrons. The Hall–Kier alpha value is -2.14. The first kappa shape index (κ1) is 14.3. The Balaban J connectivity index is 2.16. The van der Waals surface area contributed by atoms with Gasteiger partial charge in [0.1, 0.15) is 6.26 Å². The number of oxazole rings is 1. The summed E-state index contributed by atoms with van der Waals surface area (Å²) in [6.07, 6.45) is 1.60. The quantitative estimate of drug-likeness (QED) is 0.897. The van der Waals surface area contributed by atoms with Crippen LogP contribution in [0.15, 0.2) is 34.9 Å². The van der Waals surface area contributed by atoms with Gasteiger partial charge >= 0.3 is 0 Å². The molecule has 0 aliphatic rings. The number of hydrogen-bond acceptors (Lipinski definition) is 4. The Labute approximate surface area is 118 Å². The Morgan fingerprint density at radius 2 is 2.15 bits per heavy atom. The predicted octanol–water partition coefficient (Wildman–Crippen LogP) is 2.57. The molecule has 20 heavy (non-hydrogen) atoms. The number of benzene rings is 1. The van der Waals surface area contributed by atoms with Gasteiger partial charge in [-0.3, -0.25) is 4.79 Å². The molecule has 1 amide bonds. The van der Waals surface area contributed by atoms with Crippen molar-refractivity contribution in [2.24, 2.45) is 11.7 Å². The molecule has 2 unspecified atom stereocenters. The molecular weight excluding hydrogens is 254 g/mol. The van der Waals surface area contributed by atoms with Gasteiger partial charge in [0, 0.05) is 17.3 Å². The fourth-order valence-corrected chi connectivity index (χ4v) is 1.71. The van der Waals surface area contributed by atoms with Crippen LogP contribution in [0.5, 0.6) is 0 Å². The summed E-state index contributed by atoms with van der Waals surface area (Å²) in [5.41, 5.74) is 8.08. The molecule has 106 valence electrons. The molecule has 0 aliphatic carbocycles. The number of nitrogens with two attached hydrogens (primary N) is 1. The Morgan fingerprint density at radius 3 is 2.75 bits per heavy atom. The van der Waals surface area contributed by atoms with Crippen molar-refractivity contribution >= 4 is 11.6 Å². The number of amides is 1. The van der Waals surface area contributed by atoms with Gasteiger partial charge in [0.25, 0.3) is 0 Å². The topological polar surface area (TPSA) is 81.2 Å². The fourth-order valence-electron chi connectivity index (χ4n) is 1.71. The largest absolute Gasteiger partial charge is 0.444 e. The summed E-state index contributed by atoms with van der Waals surface area (Å²) in [6.45, 7) is 5.49. The third kappa shape index (κ3) is 3.24. The van der Waals surface area contributed by atoms with Crippen LogP contribution < -0.4 is 11.1 Å². The monoisotopic (exact) mass is 273 g/mol.